The largest absolute Gasteiger partial charge is 0.454 e. The lowest BCUT2D eigenvalue weighted by Gasteiger charge is -2.21. The van der Waals surface area contributed by atoms with E-state index in [9.17, 15) is 28.0 Å². The molecule has 0 fully saturated rings. The second kappa shape index (κ2) is 9.44. The van der Waals surface area contributed by atoms with Crippen LogP contribution < -0.4 is 16.0 Å². The van der Waals surface area contributed by atoms with E-state index in [1.54, 1.807) is 13.8 Å². The number of urea groups is 1. The Labute approximate surface area is 148 Å². The summed E-state index contributed by atoms with van der Waals surface area (Å²) in [6.07, 6.45) is 0. The van der Waals surface area contributed by atoms with Crippen molar-refractivity contribution < 1.29 is 32.7 Å². The lowest BCUT2D eigenvalue weighted by atomic mass is 10.0. The molecule has 0 aliphatic heterocycles. The second-order valence-corrected chi connectivity index (χ2v) is 5.53. The first-order valence-electron chi connectivity index (χ1n) is 7.60. The van der Waals surface area contributed by atoms with E-state index < -0.39 is 59.6 Å². The van der Waals surface area contributed by atoms with Crippen molar-refractivity contribution in [3.05, 3.63) is 35.4 Å². The quantitative estimate of drug-likeness (QED) is 0.638. The third-order valence-corrected chi connectivity index (χ3v) is 3.22. The average molecular weight is 371 g/mol. The molecule has 1 aromatic rings. The molecule has 3 N–H and O–H groups in total. The summed E-state index contributed by atoms with van der Waals surface area (Å²) in [7, 11) is 1.29. The topological polar surface area (TPSA) is 114 Å². The molecule has 1 rings (SSSR count). The summed E-state index contributed by atoms with van der Waals surface area (Å²) in [5.74, 6) is -5.66. The number of hydrogen-bond acceptors (Lipinski definition) is 5. The molecule has 0 aromatic heterocycles. The maximum absolute atomic E-state index is 13.7. The molecule has 0 aliphatic carbocycles. The van der Waals surface area contributed by atoms with Crippen LogP contribution in [0.4, 0.5) is 13.6 Å². The molecule has 0 radical (unpaired) electrons. The van der Waals surface area contributed by atoms with Gasteiger partial charge < -0.3 is 15.4 Å². The number of amides is 4. The molecule has 4 amide bonds. The van der Waals surface area contributed by atoms with Crippen molar-refractivity contribution in [1.82, 2.24) is 16.0 Å². The van der Waals surface area contributed by atoms with Gasteiger partial charge in [-0.1, -0.05) is 19.9 Å². The summed E-state index contributed by atoms with van der Waals surface area (Å²) in [5.41, 5.74) is -0.830. The van der Waals surface area contributed by atoms with Gasteiger partial charge in [0.2, 0.25) is 0 Å². The monoisotopic (exact) mass is 371 g/mol. The van der Waals surface area contributed by atoms with Gasteiger partial charge in [0.1, 0.15) is 23.2 Å². The van der Waals surface area contributed by atoms with Crippen LogP contribution in [-0.4, -0.2) is 43.5 Å². The van der Waals surface area contributed by atoms with Gasteiger partial charge in [-0.05, 0) is 18.1 Å². The van der Waals surface area contributed by atoms with E-state index >= 15 is 0 Å². The third-order valence-electron chi connectivity index (χ3n) is 3.22. The molecular formula is C16H19F2N3O5. The number of ether oxygens (including phenoxy) is 1. The molecule has 1 atom stereocenters. The van der Waals surface area contributed by atoms with Crippen LogP contribution in [0.5, 0.6) is 0 Å². The van der Waals surface area contributed by atoms with Crippen molar-refractivity contribution in [3.63, 3.8) is 0 Å². The van der Waals surface area contributed by atoms with Gasteiger partial charge >= 0.3 is 12.0 Å². The molecule has 0 saturated heterocycles. The van der Waals surface area contributed by atoms with Crippen LogP contribution >= 0.6 is 0 Å². The van der Waals surface area contributed by atoms with Gasteiger partial charge in [-0.3, -0.25) is 14.9 Å². The maximum Gasteiger partial charge on any atom is 0.329 e. The fourth-order valence-corrected chi connectivity index (χ4v) is 1.88. The van der Waals surface area contributed by atoms with E-state index in [0.717, 1.165) is 18.2 Å². The fourth-order valence-electron chi connectivity index (χ4n) is 1.88. The normalized spacial score (nSPS) is 11.5. The van der Waals surface area contributed by atoms with Crippen molar-refractivity contribution in [3.8, 4) is 0 Å². The number of imide groups is 1. The highest BCUT2D eigenvalue weighted by Gasteiger charge is 2.29. The summed E-state index contributed by atoms with van der Waals surface area (Å²) >= 11 is 0. The van der Waals surface area contributed by atoms with E-state index in [4.69, 9.17) is 4.74 Å². The standard InChI is InChI=1S/C16H19F2N3O5/c1-8(2)13(15(24)26-7-11(22)20-16(25)19-3)21-14(23)12-9(17)5-4-6-10(12)18/h4-6,8,13H,7H2,1-3H3,(H,21,23)(H2,19,20,22,25)/t13-/m0/s1. The Morgan fingerprint density at radius 3 is 2.19 bits per heavy atom. The Morgan fingerprint density at radius 2 is 1.69 bits per heavy atom. The summed E-state index contributed by atoms with van der Waals surface area (Å²) in [5, 5.41) is 6.21. The van der Waals surface area contributed by atoms with Crippen LogP contribution in [0.15, 0.2) is 18.2 Å². The number of carbonyl (C=O) groups is 4. The summed E-state index contributed by atoms with van der Waals surface area (Å²) < 4.78 is 32.0. The number of halogens is 2. The van der Waals surface area contributed by atoms with Gasteiger partial charge in [0.15, 0.2) is 6.61 Å². The molecule has 0 heterocycles. The Bertz CT molecular complexity index is 689. The lowest BCUT2D eigenvalue weighted by molar-refractivity contribution is -0.151. The minimum absolute atomic E-state index is 0.497. The number of esters is 1. The van der Waals surface area contributed by atoms with Gasteiger partial charge in [0.05, 0.1) is 0 Å². The van der Waals surface area contributed by atoms with Crippen molar-refractivity contribution in [1.29, 1.82) is 0 Å². The van der Waals surface area contributed by atoms with Crippen LogP contribution in [0.25, 0.3) is 0 Å². The number of benzene rings is 1. The summed E-state index contributed by atoms with van der Waals surface area (Å²) in [4.78, 5) is 46.5. The number of rotatable bonds is 6. The van der Waals surface area contributed by atoms with Crippen molar-refractivity contribution in [2.75, 3.05) is 13.7 Å². The molecule has 1 aromatic carbocycles. The number of nitrogens with one attached hydrogen (secondary N) is 3. The number of carbonyl (C=O) groups excluding carboxylic acids is 4. The molecule has 10 heteroatoms. The van der Waals surface area contributed by atoms with Crippen molar-refractivity contribution in [2.24, 2.45) is 5.92 Å². The van der Waals surface area contributed by atoms with Gasteiger partial charge in [0, 0.05) is 7.05 Å². The van der Waals surface area contributed by atoms with Crippen LogP contribution in [0.1, 0.15) is 24.2 Å². The smallest absolute Gasteiger partial charge is 0.329 e. The highest BCUT2D eigenvalue weighted by molar-refractivity contribution is 5.98. The number of hydrogen-bond donors (Lipinski definition) is 3. The zero-order chi connectivity index (χ0) is 19.9. The van der Waals surface area contributed by atoms with E-state index in [0.29, 0.717) is 0 Å². The van der Waals surface area contributed by atoms with Crippen molar-refractivity contribution in [2.45, 2.75) is 19.9 Å². The fraction of sp³-hybridized carbons (Fsp3) is 0.375. The molecule has 0 bridgehead atoms. The Hall–Kier alpha value is -3.04. The van der Waals surface area contributed by atoms with Crippen LogP contribution in [-0.2, 0) is 14.3 Å². The lowest BCUT2D eigenvalue weighted by Crippen LogP contribution is -2.47. The minimum Gasteiger partial charge on any atom is -0.454 e. The zero-order valence-electron chi connectivity index (χ0n) is 14.4. The minimum atomic E-state index is -1.26. The molecular weight excluding hydrogens is 352 g/mol. The highest BCUT2D eigenvalue weighted by atomic mass is 19.1. The summed E-state index contributed by atoms with van der Waals surface area (Å²) in [6.45, 7) is 2.36. The van der Waals surface area contributed by atoms with E-state index in [2.05, 4.69) is 10.6 Å². The zero-order valence-corrected chi connectivity index (χ0v) is 14.4. The van der Waals surface area contributed by atoms with Crippen molar-refractivity contribution >= 4 is 23.8 Å². The SMILES string of the molecule is CNC(=O)NC(=O)COC(=O)[C@@H](NC(=O)c1c(F)cccc1F)C(C)C. The highest BCUT2D eigenvalue weighted by Crippen LogP contribution is 2.13. The molecule has 0 unspecified atom stereocenters. The second-order valence-electron chi connectivity index (χ2n) is 5.53. The Kier molecular flexibility index (Phi) is 7.63. The third kappa shape index (κ3) is 5.80. The maximum atomic E-state index is 13.7. The van der Waals surface area contributed by atoms with E-state index in [1.165, 1.54) is 7.05 Å². The predicted molar refractivity (Wildman–Crippen MR) is 86.0 cm³/mol. The van der Waals surface area contributed by atoms with Gasteiger partial charge in [-0.15, -0.1) is 0 Å². The van der Waals surface area contributed by atoms with Gasteiger partial charge in [-0.25, -0.2) is 18.4 Å². The molecule has 142 valence electrons. The predicted octanol–water partition coefficient (Wildman–Crippen LogP) is 0.718. The first-order valence-corrected chi connectivity index (χ1v) is 7.60. The first kappa shape index (κ1) is 21.0. The molecule has 0 saturated carbocycles. The van der Waals surface area contributed by atoms with Gasteiger partial charge in [-0.2, -0.15) is 0 Å². The molecule has 26 heavy (non-hydrogen) atoms. The van der Waals surface area contributed by atoms with Gasteiger partial charge in [0.25, 0.3) is 11.8 Å². The average Bonchev–Trinajstić information content (AvgIpc) is 2.56. The van der Waals surface area contributed by atoms with E-state index in [-0.39, 0.29) is 0 Å². The Balaban J connectivity index is 2.76. The molecule has 8 nitrogen and oxygen atoms in total. The Morgan fingerprint density at radius 1 is 1.12 bits per heavy atom. The molecule has 0 spiro atoms. The van der Waals surface area contributed by atoms with Crippen LogP contribution in [0, 0.1) is 17.6 Å². The summed E-state index contributed by atoms with van der Waals surface area (Å²) in [6, 6.07) is 0.873. The molecule has 0 aliphatic rings. The first-order chi connectivity index (χ1) is 12.2. The van der Waals surface area contributed by atoms with Crippen LogP contribution in [0.2, 0.25) is 0 Å². The van der Waals surface area contributed by atoms with E-state index in [1.807, 2.05) is 5.32 Å². The van der Waals surface area contributed by atoms with Crippen LogP contribution in [0.3, 0.4) is 0 Å².